The molecule has 4 heteroatoms. The Morgan fingerprint density at radius 1 is 0.576 bits per heavy atom. The Morgan fingerprint density at radius 3 is 1.91 bits per heavy atom. The van der Waals surface area contributed by atoms with Crippen molar-refractivity contribution < 1.29 is 4.57 Å². The van der Waals surface area contributed by atoms with Crippen LogP contribution in [0.1, 0.15) is 0 Å². The van der Waals surface area contributed by atoms with E-state index in [1.165, 1.54) is 0 Å². The zero-order chi connectivity index (χ0) is 22.0. The van der Waals surface area contributed by atoms with Crippen LogP contribution in [0.5, 0.6) is 0 Å². The van der Waals surface area contributed by atoms with E-state index >= 15 is 4.57 Å². The number of fused-ring (bicyclic) bond motifs is 11. The van der Waals surface area contributed by atoms with E-state index in [-0.39, 0.29) is 0 Å². The first-order valence-electron chi connectivity index (χ1n) is 11.0. The number of hydrogen-bond donors (Lipinski definition) is 0. The van der Waals surface area contributed by atoms with E-state index < -0.39 is 7.29 Å². The second-order valence-corrected chi connectivity index (χ2v) is 10.9. The van der Waals surface area contributed by atoms with Gasteiger partial charge in [-0.1, -0.05) is 66.7 Å². The molecule has 7 rings (SSSR count). The third kappa shape index (κ3) is 2.46. The van der Waals surface area contributed by atoms with Gasteiger partial charge in [0.15, 0.2) is 0 Å². The van der Waals surface area contributed by atoms with Gasteiger partial charge in [0.25, 0.3) is 0 Å². The summed E-state index contributed by atoms with van der Waals surface area (Å²) in [4.78, 5) is 4.55. The third-order valence-corrected chi connectivity index (χ3v) is 9.72. The first-order valence-corrected chi connectivity index (χ1v) is 12.7. The highest BCUT2D eigenvalue weighted by Crippen LogP contribution is 2.65. The highest BCUT2D eigenvalue weighted by molar-refractivity contribution is 7.81. The number of nitrogens with zero attached hydrogens (tertiary/aromatic N) is 2. The molecule has 0 bridgehead atoms. The Kier molecular flexibility index (Phi) is 3.82. The van der Waals surface area contributed by atoms with Crippen LogP contribution in [0, 0.1) is 0 Å². The van der Waals surface area contributed by atoms with Gasteiger partial charge in [0, 0.05) is 33.5 Å². The molecule has 33 heavy (non-hydrogen) atoms. The van der Waals surface area contributed by atoms with Crippen molar-refractivity contribution in [2.24, 2.45) is 0 Å². The Bertz CT molecular complexity index is 1610. The van der Waals surface area contributed by atoms with Crippen molar-refractivity contribution in [3.05, 3.63) is 115 Å². The van der Waals surface area contributed by atoms with Crippen molar-refractivity contribution in [3.8, 4) is 33.5 Å². The van der Waals surface area contributed by atoms with Crippen molar-refractivity contribution in [2.75, 3.05) is 4.67 Å². The van der Waals surface area contributed by atoms with E-state index in [4.69, 9.17) is 0 Å². The van der Waals surface area contributed by atoms with Crippen LogP contribution in [0.3, 0.4) is 0 Å². The lowest BCUT2D eigenvalue weighted by molar-refractivity contribution is 0.586. The molecule has 0 fully saturated rings. The first-order chi connectivity index (χ1) is 16.3. The molecule has 2 aliphatic rings. The molecule has 0 saturated heterocycles. The lowest BCUT2D eigenvalue weighted by atomic mass is 9.97. The van der Waals surface area contributed by atoms with Crippen molar-refractivity contribution in [2.45, 2.75) is 0 Å². The molecule has 2 aliphatic heterocycles. The SMILES string of the molecule is O=P12c3ccccc3-c3ccccc3N1c1ccc(-c3ccccn3)cc1-c1ccccc12. The van der Waals surface area contributed by atoms with E-state index in [1.807, 2.05) is 66.9 Å². The van der Waals surface area contributed by atoms with Crippen molar-refractivity contribution in [1.29, 1.82) is 0 Å². The minimum Gasteiger partial charge on any atom is -0.289 e. The van der Waals surface area contributed by atoms with E-state index in [2.05, 4.69) is 58.2 Å². The largest absolute Gasteiger partial charge is 0.289 e. The summed E-state index contributed by atoms with van der Waals surface area (Å²) >= 11 is 0. The average Bonchev–Trinajstić information content (AvgIpc) is 2.89. The predicted octanol–water partition coefficient (Wildman–Crippen LogP) is 6.78. The fourth-order valence-corrected chi connectivity index (χ4v) is 8.49. The molecule has 0 amide bonds. The standard InChI is InChI=1S/C29H19N2OP/c32-33-28-14-5-2-10-22(28)21-9-1-4-13-26(21)31(33)27-17-16-20(25-12-7-8-18-30-25)19-24(27)23-11-3-6-15-29(23)33/h1-19H. The highest BCUT2D eigenvalue weighted by Gasteiger charge is 2.47. The summed E-state index contributed by atoms with van der Waals surface area (Å²) in [6.45, 7) is 0. The molecule has 0 saturated carbocycles. The smallest absolute Gasteiger partial charge is 0.235 e. The van der Waals surface area contributed by atoms with Gasteiger partial charge in [-0.05, 0) is 53.6 Å². The monoisotopic (exact) mass is 442 g/mol. The van der Waals surface area contributed by atoms with E-state index in [0.717, 1.165) is 55.5 Å². The van der Waals surface area contributed by atoms with Gasteiger partial charge in [0.2, 0.25) is 7.29 Å². The zero-order valence-corrected chi connectivity index (χ0v) is 18.6. The highest BCUT2D eigenvalue weighted by atomic mass is 31.2. The molecule has 1 atom stereocenters. The van der Waals surface area contributed by atoms with Crippen molar-refractivity contribution in [3.63, 3.8) is 0 Å². The molecule has 3 heterocycles. The Hall–Kier alpha value is -3.94. The molecular weight excluding hydrogens is 423 g/mol. The summed E-state index contributed by atoms with van der Waals surface area (Å²) in [6.07, 6.45) is 1.81. The number of aromatic nitrogens is 1. The number of para-hydroxylation sites is 1. The molecular formula is C29H19N2OP. The summed E-state index contributed by atoms with van der Waals surface area (Å²) in [5.41, 5.74) is 8.20. The van der Waals surface area contributed by atoms with Gasteiger partial charge in [-0.2, -0.15) is 0 Å². The molecule has 0 N–H and O–H groups in total. The molecule has 1 unspecified atom stereocenters. The lowest BCUT2D eigenvalue weighted by Gasteiger charge is -2.44. The van der Waals surface area contributed by atoms with Gasteiger partial charge < -0.3 is 0 Å². The first kappa shape index (κ1) is 18.6. The molecule has 0 radical (unpaired) electrons. The van der Waals surface area contributed by atoms with Gasteiger partial charge in [-0.25, -0.2) is 0 Å². The van der Waals surface area contributed by atoms with E-state index in [1.54, 1.807) is 0 Å². The summed E-state index contributed by atoms with van der Waals surface area (Å²) in [7, 11) is -3.13. The van der Waals surface area contributed by atoms with Gasteiger partial charge in [0.05, 0.1) is 17.1 Å². The van der Waals surface area contributed by atoms with E-state index in [0.29, 0.717) is 0 Å². The van der Waals surface area contributed by atoms with Crippen LogP contribution in [-0.4, -0.2) is 4.98 Å². The normalized spacial score (nSPS) is 17.3. The summed E-state index contributed by atoms with van der Waals surface area (Å²) < 4.78 is 17.4. The number of hydrogen-bond acceptors (Lipinski definition) is 2. The van der Waals surface area contributed by atoms with Crippen molar-refractivity contribution >= 4 is 29.3 Å². The Balaban J connectivity index is 1.59. The molecule has 156 valence electrons. The molecule has 0 aliphatic carbocycles. The third-order valence-electron chi connectivity index (χ3n) is 6.64. The van der Waals surface area contributed by atoms with Gasteiger partial charge in [0.1, 0.15) is 0 Å². The minimum atomic E-state index is -3.13. The lowest BCUT2D eigenvalue weighted by Crippen LogP contribution is -2.37. The van der Waals surface area contributed by atoms with Crippen LogP contribution in [0.15, 0.2) is 115 Å². The van der Waals surface area contributed by atoms with Crippen LogP contribution in [0.2, 0.25) is 0 Å². The predicted molar refractivity (Wildman–Crippen MR) is 136 cm³/mol. The van der Waals surface area contributed by atoms with Crippen LogP contribution in [0.25, 0.3) is 33.5 Å². The molecule has 4 aromatic carbocycles. The molecule has 1 aromatic heterocycles. The number of anilines is 2. The second-order valence-electron chi connectivity index (χ2n) is 8.39. The maximum Gasteiger partial charge on any atom is 0.235 e. The maximum absolute atomic E-state index is 15.3. The van der Waals surface area contributed by atoms with Gasteiger partial charge >= 0.3 is 0 Å². The number of pyridine rings is 1. The Morgan fingerprint density at radius 2 is 1.18 bits per heavy atom. The van der Waals surface area contributed by atoms with E-state index in [9.17, 15) is 0 Å². The van der Waals surface area contributed by atoms with Crippen molar-refractivity contribution in [1.82, 2.24) is 4.98 Å². The quantitative estimate of drug-likeness (QED) is 0.268. The van der Waals surface area contributed by atoms with Gasteiger partial charge in [-0.15, -0.1) is 0 Å². The Labute approximate surface area is 192 Å². The van der Waals surface area contributed by atoms with Crippen LogP contribution in [-0.2, 0) is 4.57 Å². The average molecular weight is 442 g/mol. The second kappa shape index (κ2) is 6.78. The fourth-order valence-electron chi connectivity index (χ4n) is 5.23. The van der Waals surface area contributed by atoms with Gasteiger partial charge in [-0.3, -0.25) is 14.2 Å². The minimum absolute atomic E-state index is 0.887. The molecule has 5 aromatic rings. The summed E-state index contributed by atoms with van der Waals surface area (Å²) in [6, 6.07) is 36.9. The zero-order valence-electron chi connectivity index (χ0n) is 17.7. The fraction of sp³-hybridized carbons (Fsp3) is 0. The summed E-state index contributed by atoms with van der Waals surface area (Å²) in [5.74, 6) is 0. The number of rotatable bonds is 1. The topological polar surface area (TPSA) is 33.2 Å². The number of benzene rings is 4. The van der Waals surface area contributed by atoms with Crippen LogP contribution in [0.4, 0.5) is 11.4 Å². The van der Waals surface area contributed by atoms with Crippen LogP contribution < -0.4 is 15.3 Å². The summed E-state index contributed by atoms with van der Waals surface area (Å²) in [5, 5.41) is 1.79. The van der Waals surface area contributed by atoms with Crippen LogP contribution >= 0.6 is 7.29 Å². The molecule has 0 spiro atoms. The molecule has 3 nitrogen and oxygen atoms in total. The maximum atomic E-state index is 15.3.